The van der Waals surface area contributed by atoms with Crippen LogP contribution < -0.4 is 4.90 Å². The van der Waals surface area contributed by atoms with Crippen molar-refractivity contribution in [2.45, 2.75) is 101 Å². The first-order valence-corrected chi connectivity index (χ1v) is 15.2. The van der Waals surface area contributed by atoms with Crippen LogP contribution in [0.15, 0.2) is 29.3 Å². The lowest BCUT2D eigenvalue weighted by molar-refractivity contribution is 0.000981. The standard InChI is InChI=1S/C31H40N4S/c32-21-22-7-9-26(10-8-22)35-28(33-30-18-23-15-24(19-30)17-25(16-23)20-30)27(34-13-5-2-6-14-34)31(29(35)36)11-3-1-4-12-31/h7-10,23-25,27H,1-6,11-20H2/t23?,24?,25?,27-,30?/m0/s1. The molecule has 0 unspecified atom stereocenters. The summed E-state index contributed by atoms with van der Waals surface area (Å²) in [7, 11) is 0. The maximum Gasteiger partial charge on any atom is 0.127 e. The summed E-state index contributed by atoms with van der Waals surface area (Å²) in [5, 5.41) is 9.43. The third kappa shape index (κ3) is 3.70. The van der Waals surface area contributed by atoms with E-state index in [4.69, 9.17) is 17.2 Å². The van der Waals surface area contributed by atoms with Crippen molar-refractivity contribution in [3.05, 3.63) is 29.8 Å². The van der Waals surface area contributed by atoms with E-state index in [-0.39, 0.29) is 11.0 Å². The van der Waals surface area contributed by atoms with Crippen molar-refractivity contribution in [3.8, 4) is 6.07 Å². The SMILES string of the molecule is N#Cc1ccc(N2C(=S)C3(CCCCC3)[C@@H](N3CCCCC3)C2=NC23CC4CC(CC(C4)C2)C3)cc1. The van der Waals surface area contributed by atoms with E-state index in [1.165, 1.54) is 109 Å². The molecule has 2 heterocycles. The Hall–Kier alpha value is -1.77. The summed E-state index contributed by atoms with van der Waals surface area (Å²) >= 11 is 6.50. The normalized spacial score (nSPS) is 38.7. The number of piperidine rings is 1. The van der Waals surface area contributed by atoms with Crippen LogP contribution in [0.1, 0.15) is 95.5 Å². The van der Waals surface area contributed by atoms with Gasteiger partial charge in [0.2, 0.25) is 0 Å². The molecule has 36 heavy (non-hydrogen) atoms. The summed E-state index contributed by atoms with van der Waals surface area (Å²) in [6.07, 6.45) is 18.4. The Morgan fingerprint density at radius 3 is 2.00 bits per heavy atom. The molecule has 1 aromatic carbocycles. The summed E-state index contributed by atoms with van der Waals surface area (Å²) in [5.41, 5.74) is 1.98. The molecule has 5 aliphatic carbocycles. The Bertz CT molecular complexity index is 1050. The van der Waals surface area contributed by atoms with E-state index in [0.717, 1.165) is 28.4 Å². The molecule has 4 bridgehead atoms. The lowest BCUT2D eigenvalue weighted by atomic mass is 9.53. The molecule has 2 aliphatic heterocycles. The highest BCUT2D eigenvalue weighted by Gasteiger charge is 2.59. The number of likely N-dealkylation sites (tertiary alicyclic amines) is 1. The zero-order valence-corrected chi connectivity index (χ0v) is 22.4. The average Bonchev–Trinajstić information content (AvgIpc) is 3.10. The van der Waals surface area contributed by atoms with Gasteiger partial charge in [-0.15, -0.1) is 0 Å². The van der Waals surface area contributed by atoms with Gasteiger partial charge in [0.15, 0.2) is 0 Å². The molecule has 2 saturated heterocycles. The molecule has 1 atom stereocenters. The van der Waals surface area contributed by atoms with Crippen molar-refractivity contribution in [2.75, 3.05) is 18.0 Å². The van der Waals surface area contributed by atoms with E-state index in [2.05, 4.69) is 28.0 Å². The maximum atomic E-state index is 9.43. The van der Waals surface area contributed by atoms with Gasteiger partial charge < -0.3 is 0 Å². The van der Waals surface area contributed by atoms with Gasteiger partial charge in [-0.2, -0.15) is 5.26 Å². The van der Waals surface area contributed by atoms with Crippen molar-refractivity contribution < 1.29 is 0 Å². The van der Waals surface area contributed by atoms with Gasteiger partial charge in [0.1, 0.15) is 5.84 Å². The minimum atomic E-state index is 0.0277. The molecular formula is C31H40N4S. The fourth-order valence-corrected chi connectivity index (χ4v) is 10.2. The van der Waals surface area contributed by atoms with E-state index in [1.54, 1.807) is 0 Å². The largest absolute Gasteiger partial charge is 0.293 e. The molecule has 7 fully saturated rings. The molecule has 0 amide bonds. The Morgan fingerprint density at radius 1 is 0.833 bits per heavy atom. The van der Waals surface area contributed by atoms with Crippen molar-refractivity contribution in [2.24, 2.45) is 28.2 Å². The number of rotatable bonds is 3. The number of nitrogens with zero attached hydrogens (tertiary/aromatic N) is 4. The molecule has 4 nitrogen and oxygen atoms in total. The summed E-state index contributed by atoms with van der Waals surface area (Å²) < 4.78 is 0. The van der Waals surface area contributed by atoms with Gasteiger partial charge >= 0.3 is 0 Å². The van der Waals surface area contributed by atoms with Crippen LogP contribution in [0.3, 0.4) is 0 Å². The highest BCUT2D eigenvalue weighted by molar-refractivity contribution is 7.80. The molecule has 1 aromatic rings. The molecule has 8 rings (SSSR count). The Balaban J connectivity index is 1.38. The zero-order chi connectivity index (χ0) is 24.3. The smallest absolute Gasteiger partial charge is 0.127 e. The predicted molar refractivity (Wildman–Crippen MR) is 149 cm³/mol. The van der Waals surface area contributed by atoms with Gasteiger partial charge in [0, 0.05) is 11.1 Å². The van der Waals surface area contributed by atoms with Crippen LogP contribution in [-0.4, -0.2) is 40.4 Å². The fraction of sp³-hybridized carbons (Fsp3) is 0.710. The highest BCUT2D eigenvalue weighted by atomic mass is 32.1. The van der Waals surface area contributed by atoms with Crippen molar-refractivity contribution in [1.82, 2.24) is 4.90 Å². The van der Waals surface area contributed by atoms with E-state index in [9.17, 15) is 5.26 Å². The second-order valence-electron chi connectivity index (χ2n) is 13.1. The number of hydrogen-bond acceptors (Lipinski definition) is 4. The fourth-order valence-electron chi connectivity index (χ4n) is 9.66. The Kier molecular flexibility index (Phi) is 5.78. The van der Waals surface area contributed by atoms with Crippen LogP contribution in [0.2, 0.25) is 0 Å². The molecule has 0 aromatic heterocycles. The first-order chi connectivity index (χ1) is 17.6. The number of thiocarbonyl (C=S) groups is 1. The minimum Gasteiger partial charge on any atom is -0.293 e. The zero-order valence-electron chi connectivity index (χ0n) is 21.6. The number of aliphatic imine (C=N–C) groups is 1. The van der Waals surface area contributed by atoms with E-state index >= 15 is 0 Å². The van der Waals surface area contributed by atoms with Crippen LogP contribution >= 0.6 is 12.2 Å². The summed E-state index contributed by atoms with van der Waals surface area (Å²) in [5.74, 6) is 3.92. The van der Waals surface area contributed by atoms with Gasteiger partial charge in [-0.1, -0.05) is 37.9 Å². The molecule has 190 valence electrons. The third-order valence-corrected chi connectivity index (χ3v) is 11.3. The summed E-state index contributed by atoms with van der Waals surface area (Å²) in [6.45, 7) is 2.35. The molecule has 0 radical (unpaired) electrons. The van der Waals surface area contributed by atoms with Gasteiger partial charge in [-0.3, -0.25) is 14.8 Å². The first kappa shape index (κ1) is 23.4. The second kappa shape index (κ2) is 8.91. The lowest BCUT2D eigenvalue weighted by Crippen LogP contribution is -2.54. The minimum absolute atomic E-state index is 0.0277. The first-order valence-electron chi connectivity index (χ1n) is 14.8. The summed E-state index contributed by atoms with van der Waals surface area (Å²) in [6, 6.07) is 10.8. The number of amidine groups is 1. The quantitative estimate of drug-likeness (QED) is 0.424. The van der Waals surface area contributed by atoms with Crippen LogP contribution in [-0.2, 0) is 0 Å². The molecule has 0 N–H and O–H groups in total. The number of anilines is 1. The van der Waals surface area contributed by atoms with Crippen LogP contribution in [0.4, 0.5) is 5.69 Å². The molecular weight excluding hydrogens is 460 g/mol. The van der Waals surface area contributed by atoms with Crippen LogP contribution in [0.25, 0.3) is 0 Å². The monoisotopic (exact) mass is 500 g/mol. The molecule has 5 heteroatoms. The predicted octanol–water partition coefficient (Wildman–Crippen LogP) is 6.88. The Labute approximate surface area is 222 Å². The number of nitriles is 1. The van der Waals surface area contributed by atoms with Gasteiger partial charge in [0.25, 0.3) is 0 Å². The molecule has 7 aliphatic rings. The van der Waals surface area contributed by atoms with Crippen LogP contribution in [0.5, 0.6) is 0 Å². The maximum absolute atomic E-state index is 9.43. The highest BCUT2D eigenvalue weighted by Crippen LogP contribution is 2.58. The van der Waals surface area contributed by atoms with Crippen LogP contribution in [0, 0.1) is 34.5 Å². The van der Waals surface area contributed by atoms with Crippen molar-refractivity contribution in [3.63, 3.8) is 0 Å². The average molecular weight is 501 g/mol. The Morgan fingerprint density at radius 2 is 1.42 bits per heavy atom. The topological polar surface area (TPSA) is 42.6 Å². The van der Waals surface area contributed by atoms with Gasteiger partial charge in [-0.05, 0) is 119 Å². The number of benzene rings is 1. The van der Waals surface area contributed by atoms with E-state index in [0.29, 0.717) is 11.6 Å². The molecule has 5 saturated carbocycles. The lowest BCUT2D eigenvalue weighted by Gasteiger charge is -2.55. The molecule has 1 spiro atoms. The van der Waals surface area contributed by atoms with E-state index < -0.39 is 0 Å². The van der Waals surface area contributed by atoms with Gasteiger partial charge in [-0.25, -0.2) is 0 Å². The van der Waals surface area contributed by atoms with Crippen molar-refractivity contribution >= 4 is 28.7 Å². The number of hydrogen-bond donors (Lipinski definition) is 0. The third-order valence-electron chi connectivity index (χ3n) is 10.7. The van der Waals surface area contributed by atoms with Gasteiger partial charge in [0.05, 0.1) is 28.2 Å². The van der Waals surface area contributed by atoms with Crippen molar-refractivity contribution in [1.29, 1.82) is 5.26 Å². The summed E-state index contributed by atoms with van der Waals surface area (Å²) in [4.78, 5) is 12.3. The van der Waals surface area contributed by atoms with E-state index in [1.807, 2.05) is 12.1 Å². The second-order valence-corrected chi connectivity index (χ2v) is 13.5.